The van der Waals surface area contributed by atoms with Crippen LogP contribution in [0, 0.1) is 5.82 Å². The summed E-state index contributed by atoms with van der Waals surface area (Å²) in [4.78, 5) is 11.5. The molecular weight excluding hydrogens is 231 g/mol. The molecule has 2 aromatic rings. The van der Waals surface area contributed by atoms with E-state index in [1.54, 1.807) is 49.4 Å². The molecule has 0 bridgehead atoms. The predicted octanol–water partition coefficient (Wildman–Crippen LogP) is 3.67. The molecule has 0 amide bonds. The zero-order chi connectivity index (χ0) is 13.0. The van der Waals surface area contributed by atoms with Crippen LogP contribution < -0.4 is 0 Å². The molecule has 0 radical (unpaired) electrons. The van der Waals surface area contributed by atoms with Crippen LogP contribution in [0.3, 0.4) is 0 Å². The number of carbonyl (C=O) groups excluding carboxylic acids is 1. The number of halogens is 1. The lowest BCUT2D eigenvalue weighted by Gasteiger charge is -2.05. The lowest BCUT2D eigenvalue weighted by molar-refractivity contribution is 0.0526. The van der Waals surface area contributed by atoms with Crippen molar-refractivity contribution in [3.8, 4) is 11.1 Å². The SMILES string of the molecule is CCOC(=O)c1ccc(-c2ccccc2F)cc1. The summed E-state index contributed by atoms with van der Waals surface area (Å²) in [5.41, 5.74) is 1.73. The first-order valence-electron chi connectivity index (χ1n) is 5.74. The second kappa shape index (κ2) is 5.45. The summed E-state index contributed by atoms with van der Waals surface area (Å²) in [6, 6.07) is 13.2. The maximum absolute atomic E-state index is 13.6. The molecule has 0 aromatic heterocycles. The number of rotatable bonds is 3. The van der Waals surface area contributed by atoms with Crippen LogP contribution in [-0.2, 0) is 4.74 Å². The molecule has 0 N–H and O–H groups in total. The largest absolute Gasteiger partial charge is 0.462 e. The van der Waals surface area contributed by atoms with Gasteiger partial charge < -0.3 is 4.74 Å². The maximum Gasteiger partial charge on any atom is 0.338 e. The average Bonchev–Trinajstić information content (AvgIpc) is 2.40. The Kier molecular flexibility index (Phi) is 3.72. The fourth-order valence-corrected chi connectivity index (χ4v) is 1.70. The molecule has 0 heterocycles. The molecule has 2 rings (SSSR count). The zero-order valence-electron chi connectivity index (χ0n) is 10.0. The summed E-state index contributed by atoms with van der Waals surface area (Å²) in [5.74, 6) is -0.640. The summed E-state index contributed by atoms with van der Waals surface area (Å²) in [6.07, 6.45) is 0. The number of esters is 1. The van der Waals surface area contributed by atoms with Crippen LogP contribution in [0.5, 0.6) is 0 Å². The van der Waals surface area contributed by atoms with Crippen LogP contribution in [0.2, 0.25) is 0 Å². The third kappa shape index (κ3) is 2.56. The fourth-order valence-electron chi connectivity index (χ4n) is 1.70. The number of hydrogen-bond donors (Lipinski definition) is 0. The molecule has 0 spiro atoms. The Labute approximate surface area is 105 Å². The van der Waals surface area contributed by atoms with Gasteiger partial charge in [-0.25, -0.2) is 9.18 Å². The molecule has 0 aliphatic rings. The van der Waals surface area contributed by atoms with Gasteiger partial charge in [-0.15, -0.1) is 0 Å². The van der Waals surface area contributed by atoms with Crippen molar-refractivity contribution >= 4 is 5.97 Å². The van der Waals surface area contributed by atoms with Gasteiger partial charge in [-0.3, -0.25) is 0 Å². The van der Waals surface area contributed by atoms with Crippen molar-refractivity contribution in [2.45, 2.75) is 6.92 Å². The third-order valence-electron chi connectivity index (χ3n) is 2.58. The molecule has 18 heavy (non-hydrogen) atoms. The van der Waals surface area contributed by atoms with Gasteiger partial charge in [-0.05, 0) is 30.7 Å². The quantitative estimate of drug-likeness (QED) is 0.770. The van der Waals surface area contributed by atoms with E-state index in [0.717, 1.165) is 5.56 Å². The van der Waals surface area contributed by atoms with E-state index in [2.05, 4.69) is 0 Å². The minimum Gasteiger partial charge on any atom is -0.462 e. The van der Waals surface area contributed by atoms with E-state index in [1.807, 2.05) is 0 Å². The zero-order valence-corrected chi connectivity index (χ0v) is 10.0. The second-order valence-electron chi connectivity index (χ2n) is 3.78. The second-order valence-corrected chi connectivity index (χ2v) is 3.78. The standard InChI is InChI=1S/C15H13FO2/c1-2-18-15(17)12-9-7-11(8-10-12)13-5-3-4-6-14(13)16/h3-10H,2H2,1H3. The van der Waals surface area contributed by atoms with Gasteiger partial charge >= 0.3 is 5.97 Å². The van der Waals surface area contributed by atoms with Crippen molar-refractivity contribution in [2.75, 3.05) is 6.61 Å². The van der Waals surface area contributed by atoms with Gasteiger partial charge in [0.2, 0.25) is 0 Å². The smallest absolute Gasteiger partial charge is 0.338 e. The molecule has 92 valence electrons. The lowest BCUT2D eigenvalue weighted by atomic mass is 10.0. The van der Waals surface area contributed by atoms with Crippen molar-refractivity contribution < 1.29 is 13.9 Å². The molecule has 2 aromatic carbocycles. The summed E-state index contributed by atoms with van der Waals surface area (Å²) in [5, 5.41) is 0. The highest BCUT2D eigenvalue weighted by atomic mass is 19.1. The fraction of sp³-hybridized carbons (Fsp3) is 0.133. The highest BCUT2D eigenvalue weighted by Gasteiger charge is 2.08. The molecule has 0 atom stereocenters. The molecule has 0 aliphatic carbocycles. The average molecular weight is 244 g/mol. The highest BCUT2D eigenvalue weighted by Crippen LogP contribution is 2.22. The molecular formula is C15H13FO2. The topological polar surface area (TPSA) is 26.3 Å². The first-order valence-corrected chi connectivity index (χ1v) is 5.74. The Morgan fingerprint density at radius 3 is 2.39 bits per heavy atom. The Morgan fingerprint density at radius 1 is 1.11 bits per heavy atom. The van der Waals surface area contributed by atoms with Gasteiger partial charge in [0.1, 0.15) is 5.82 Å². The van der Waals surface area contributed by atoms with E-state index in [1.165, 1.54) is 6.07 Å². The van der Waals surface area contributed by atoms with E-state index >= 15 is 0 Å². The molecule has 0 saturated carbocycles. The van der Waals surface area contributed by atoms with Crippen molar-refractivity contribution in [1.82, 2.24) is 0 Å². The molecule has 0 aliphatic heterocycles. The molecule has 0 fully saturated rings. The van der Waals surface area contributed by atoms with Gasteiger partial charge in [0, 0.05) is 5.56 Å². The third-order valence-corrected chi connectivity index (χ3v) is 2.58. The van der Waals surface area contributed by atoms with E-state index in [9.17, 15) is 9.18 Å². The van der Waals surface area contributed by atoms with Gasteiger partial charge in [0.25, 0.3) is 0 Å². The maximum atomic E-state index is 13.6. The number of ether oxygens (including phenoxy) is 1. The Balaban J connectivity index is 2.28. The van der Waals surface area contributed by atoms with Crippen LogP contribution in [0.1, 0.15) is 17.3 Å². The summed E-state index contributed by atoms with van der Waals surface area (Å²) in [6.45, 7) is 2.10. The van der Waals surface area contributed by atoms with Gasteiger partial charge in [-0.2, -0.15) is 0 Å². The molecule has 0 unspecified atom stereocenters. The monoisotopic (exact) mass is 244 g/mol. The number of benzene rings is 2. The summed E-state index contributed by atoms with van der Waals surface area (Å²) >= 11 is 0. The van der Waals surface area contributed by atoms with Crippen LogP contribution in [0.25, 0.3) is 11.1 Å². The van der Waals surface area contributed by atoms with Crippen molar-refractivity contribution in [3.63, 3.8) is 0 Å². The number of hydrogen-bond acceptors (Lipinski definition) is 2. The molecule has 2 nitrogen and oxygen atoms in total. The van der Waals surface area contributed by atoms with E-state index in [-0.39, 0.29) is 11.8 Å². The van der Waals surface area contributed by atoms with Crippen LogP contribution in [-0.4, -0.2) is 12.6 Å². The first kappa shape index (κ1) is 12.3. The van der Waals surface area contributed by atoms with Crippen molar-refractivity contribution in [2.24, 2.45) is 0 Å². The lowest BCUT2D eigenvalue weighted by Crippen LogP contribution is -2.04. The Bertz CT molecular complexity index is 547. The molecule has 3 heteroatoms. The van der Waals surface area contributed by atoms with Crippen LogP contribution in [0.4, 0.5) is 4.39 Å². The first-order chi connectivity index (χ1) is 8.72. The minimum atomic E-state index is -0.363. The Hall–Kier alpha value is -2.16. The summed E-state index contributed by atoms with van der Waals surface area (Å²) in [7, 11) is 0. The van der Waals surface area contributed by atoms with Gasteiger partial charge in [0.05, 0.1) is 12.2 Å². The normalized spacial score (nSPS) is 10.1. The van der Waals surface area contributed by atoms with Crippen LogP contribution >= 0.6 is 0 Å². The predicted molar refractivity (Wildman–Crippen MR) is 67.8 cm³/mol. The van der Waals surface area contributed by atoms with E-state index < -0.39 is 0 Å². The van der Waals surface area contributed by atoms with Crippen LogP contribution in [0.15, 0.2) is 48.5 Å². The van der Waals surface area contributed by atoms with Crippen molar-refractivity contribution in [1.29, 1.82) is 0 Å². The van der Waals surface area contributed by atoms with Gasteiger partial charge in [0.15, 0.2) is 0 Å². The Morgan fingerprint density at radius 2 is 1.78 bits per heavy atom. The minimum absolute atomic E-state index is 0.276. The molecule has 0 saturated heterocycles. The number of carbonyl (C=O) groups is 1. The van der Waals surface area contributed by atoms with Gasteiger partial charge in [-0.1, -0.05) is 30.3 Å². The van der Waals surface area contributed by atoms with E-state index in [4.69, 9.17) is 4.74 Å². The van der Waals surface area contributed by atoms with Crippen molar-refractivity contribution in [3.05, 3.63) is 59.9 Å². The van der Waals surface area contributed by atoms with E-state index in [0.29, 0.717) is 17.7 Å². The highest BCUT2D eigenvalue weighted by molar-refractivity contribution is 5.90. The summed E-state index contributed by atoms with van der Waals surface area (Å²) < 4.78 is 18.4.